The SMILES string of the molecule is CC(C)CC(NC(=O)CCc1ccccc1)C(N)=O. The second-order valence-electron chi connectivity index (χ2n) is 5.14. The van der Waals surface area contributed by atoms with Crippen molar-refractivity contribution in [2.24, 2.45) is 11.7 Å². The molecule has 1 aromatic carbocycles. The van der Waals surface area contributed by atoms with E-state index in [1.165, 1.54) is 0 Å². The molecule has 4 heteroatoms. The highest BCUT2D eigenvalue weighted by molar-refractivity contribution is 5.86. The van der Waals surface area contributed by atoms with E-state index in [1.54, 1.807) is 0 Å². The summed E-state index contributed by atoms with van der Waals surface area (Å²) >= 11 is 0. The van der Waals surface area contributed by atoms with E-state index in [4.69, 9.17) is 5.73 Å². The van der Waals surface area contributed by atoms with Crippen molar-refractivity contribution < 1.29 is 9.59 Å². The van der Waals surface area contributed by atoms with Crippen molar-refractivity contribution in [2.75, 3.05) is 0 Å². The molecule has 0 bridgehead atoms. The Bertz CT molecular complexity index is 415. The number of primary amides is 1. The normalized spacial score (nSPS) is 12.2. The fourth-order valence-corrected chi connectivity index (χ4v) is 1.89. The molecule has 3 N–H and O–H groups in total. The van der Waals surface area contributed by atoms with Crippen LogP contribution in [0.25, 0.3) is 0 Å². The maximum absolute atomic E-state index is 11.8. The lowest BCUT2D eigenvalue weighted by Gasteiger charge is -2.17. The minimum Gasteiger partial charge on any atom is -0.368 e. The van der Waals surface area contributed by atoms with Gasteiger partial charge in [-0.15, -0.1) is 0 Å². The van der Waals surface area contributed by atoms with E-state index in [2.05, 4.69) is 5.32 Å². The molecule has 1 unspecified atom stereocenters. The van der Waals surface area contributed by atoms with Gasteiger partial charge in [0.2, 0.25) is 11.8 Å². The van der Waals surface area contributed by atoms with Gasteiger partial charge in [-0.25, -0.2) is 0 Å². The Hall–Kier alpha value is -1.84. The van der Waals surface area contributed by atoms with Crippen LogP contribution in [-0.4, -0.2) is 17.9 Å². The molecule has 0 saturated heterocycles. The first-order valence-electron chi connectivity index (χ1n) is 6.61. The summed E-state index contributed by atoms with van der Waals surface area (Å²) in [5.74, 6) is -0.290. The third-order valence-corrected chi connectivity index (χ3v) is 2.87. The van der Waals surface area contributed by atoms with Gasteiger partial charge >= 0.3 is 0 Å². The van der Waals surface area contributed by atoms with Crippen LogP contribution < -0.4 is 11.1 Å². The molecule has 1 rings (SSSR count). The molecule has 0 aliphatic rings. The predicted octanol–water partition coefficient (Wildman–Crippen LogP) is 1.64. The second kappa shape index (κ2) is 7.56. The Balaban J connectivity index is 2.42. The first kappa shape index (κ1) is 15.2. The largest absolute Gasteiger partial charge is 0.368 e. The first-order valence-corrected chi connectivity index (χ1v) is 6.61. The summed E-state index contributed by atoms with van der Waals surface area (Å²) in [5.41, 5.74) is 6.40. The third kappa shape index (κ3) is 6.04. The molecule has 1 atom stereocenters. The van der Waals surface area contributed by atoms with E-state index in [-0.39, 0.29) is 5.91 Å². The molecule has 0 fully saturated rings. The molecule has 0 saturated carbocycles. The number of rotatable bonds is 7. The highest BCUT2D eigenvalue weighted by Gasteiger charge is 2.18. The minimum atomic E-state index is -0.566. The van der Waals surface area contributed by atoms with Crippen molar-refractivity contribution in [3.8, 4) is 0 Å². The summed E-state index contributed by atoms with van der Waals surface area (Å²) in [6.07, 6.45) is 1.61. The van der Waals surface area contributed by atoms with Crippen LogP contribution in [0.1, 0.15) is 32.3 Å². The van der Waals surface area contributed by atoms with Crippen molar-refractivity contribution in [2.45, 2.75) is 39.2 Å². The number of hydrogen-bond donors (Lipinski definition) is 2. The van der Waals surface area contributed by atoms with Gasteiger partial charge in [0.15, 0.2) is 0 Å². The Kier molecular flexibility index (Phi) is 6.06. The molecule has 0 aliphatic heterocycles. The average molecular weight is 262 g/mol. The first-order chi connectivity index (χ1) is 8.99. The lowest BCUT2D eigenvalue weighted by Crippen LogP contribution is -2.45. The third-order valence-electron chi connectivity index (χ3n) is 2.87. The lowest BCUT2D eigenvalue weighted by atomic mass is 10.0. The second-order valence-corrected chi connectivity index (χ2v) is 5.14. The zero-order valence-electron chi connectivity index (χ0n) is 11.6. The minimum absolute atomic E-state index is 0.131. The molecular weight excluding hydrogens is 240 g/mol. The van der Waals surface area contributed by atoms with Crippen LogP contribution in [0, 0.1) is 5.92 Å². The van der Waals surface area contributed by atoms with Gasteiger partial charge in [-0.3, -0.25) is 9.59 Å². The summed E-state index contributed by atoms with van der Waals surface area (Å²) in [6.45, 7) is 3.98. The van der Waals surface area contributed by atoms with Crippen LogP contribution in [0.4, 0.5) is 0 Å². The maximum Gasteiger partial charge on any atom is 0.240 e. The molecule has 0 spiro atoms. The van der Waals surface area contributed by atoms with Gasteiger partial charge in [0.1, 0.15) is 6.04 Å². The zero-order chi connectivity index (χ0) is 14.3. The standard InChI is InChI=1S/C15H22N2O2/c1-11(2)10-13(15(16)19)17-14(18)9-8-12-6-4-3-5-7-12/h3-7,11,13H,8-10H2,1-2H3,(H2,16,19)(H,17,18). The van der Waals surface area contributed by atoms with Crippen LogP contribution in [0.5, 0.6) is 0 Å². The number of nitrogens with two attached hydrogens (primary N) is 1. The lowest BCUT2D eigenvalue weighted by molar-refractivity contribution is -0.127. The van der Waals surface area contributed by atoms with Gasteiger partial charge in [-0.1, -0.05) is 44.2 Å². The van der Waals surface area contributed by atoms with Gasteiger partial charge in [-0.2, -0.15) is 0 Å². The summed E-state index contributed by atoms with van der Waals surface area (Å²) in [7, 11) is 0. The predicted molar refractivity (Wildman–Crippen MR) is 75.3 cm³/mol. The van der Waals surface area contributed by atoms with Crippen LogP contribution in [0.3, 0.4) is 0 Å². The Morgan fingerprint density at radius 2 is 1.84 bits per heavy atom. The highest BCUT2D eigenvalue weighted by atomic mass is 16.2. The monoisotopic (exact) mass is 262 g/mol. The van der Waals surface area contributed by atoms with E-state index < -0.39 is 11.9 Å². The van der Waals surface area contributed by atoms with Gasteiger partial charge in [0.05, 0.1) is 0 Å². The molecule has 19 heavy (non-hydrogen) atoms. The summed E-state index contributed by atoms with van der Waals surface area (Å²) in [5, 5.41) is 2.70. The van der Waals surface area contributed by atoms with E-state index in [0.717, 1.165) is 5.56 Å². The van der Waals surface area contributed by atoms with Crippen molar-refractivity contribution in [3.63, 3.8) is 0 Å². The van der Waals surface area contributed by atoms with Crippen molar-refractivity contribution >= 4 is 11.8 Å². The average Bonchev–Trinajstić information content (AvgIpc) is 2.36. The van der Waals surface area contributed by atoms with Crippen LogP contribution in [-0.2, 0) is 16.0 Å². The summed E-state index contributed by atoms with van der Waals surface area (Å²) in [4.78, 5) is 23.0. The van der Waals surface area contributed by atoms with Crippen LogP contribution in [0.2, 0.25) is 0 Å². The van der Waals surface area contributed by atoms with E-state index in [1.807, 2.05) is 44.2 Å². The zero-order valence-corrected chi connectivity index (χ0v) is 11.6. The molecule has 0 aliphatic carbocycles. The van der Waals surface area contributed by atoms with Crippen LogP contribution in [0.15, 0.2) is 30.3 Å². The number of hydrogen-bond acceptors (Lipinski definition) is 2. The van der Waals surface area contributed by atoms with Crippen LogP contribution >= 0.6 is 0 Å². The number of amides is 2. The van der Waals surface area contributed by atoms with Gasteiger partial charge in [0, 0.05) is 6.42 Å². The smallest absolute Gasteiger partial charge is 0.240 e. The van der Waals surface area contributed by atoms with E-state index in [9.17, 15) is 9.59 Å². The molecule has 4 nitrogen and oxygen atoms in total. The molecule has 0 aromatic heterocycles. The molecule has 0 radical (unpaired) electrons. The molecule has 0 heterocycles. The topological polar surface area (TPSA) is 72.2 Å². The number of carbonyl (C=O) groups is 2. The molecular formula is C15H22N2O2. The summed E-state index contributed by atoms with van der Waals surface area (Å²) in [6, 6.07) is 9.22. The van der Waals surface area contributed by atoms with Gasteiger partial charge < -0.3 is 11.1 Å². The maximum atomic E-state index is 11.8. The van der Waals surface area contributed by atoms with Crippen molar-refractivity contribution in [3.05, 3.63) is 35.9 Å². The quantitative estimate of drug-likeness (QED) is 0.784. The van der Waals surface area contributed by atoms with Gasteiger partial charge in [-0.05, 0) is 24.3 Å². The van der Waals surface area contributed by atoms with Gasteiger partial charge in [0.25, 0.3) is 0 Å². The Morgan fingerprint density at radius 3 is 2.37 bits per heavy atom. The Labute approximate surface area is 114 Å². The number of aryl methyl sites for hydroxylation is 1. The fraction of sp³-hybridized carbons (Fsp3) is 0.467. The van der Waals surface area contributed by atoms with Crippen molar-refractivity contribution in [1.82, 2.24) is 5.32 Å². The van der Waals surface area contributed by atoms with E-state index in [0.29, 0.717) is 25.2 Å². The number of nitrogens with one attached hydrogen (secondary N) is 1. The number of carbonyl (C=O) groups excluding carboxylic acids is 2. The van der Waals surface area contributed by atoms with E-state index >= 15 is 0 Å². The highest BCUT2D eigenvalue weighted by Crippen LogP contribution is 2.06. The molecule has 1 aromatic rings. The number of benzene rings is 1. The van der Waals surface area contributed by atoms with Crippen molar-refractivity contribution in [1.29, 1.82) is 0 Å². The summed E-state index contributed by atoms with van der Waals surface area (Å²) < 4.78 is 0. The molecule has 104 valence electrons. The Morgan fingerprint density at radius 1 is 1.21 bits per heavy atom. The fourth-order valence-electron chi connectivity index (χ4n) is 1.89. The molecule has 2 amide bonds.